The predicted molar refractivity (Wildman–Crippen MR) is 93.1 cm³/mol. The van der Waals surface area contributed by atoms with Crippen LogP contribution in [0.25, 0.3) is 0 Å². The Bertz CT molecular complexity index is 129. The van der Waals surface area contributed by atoms with Crippen molar-refractivity contribution in [2.24, 2.45) is 0 Å². The molecule has 0 fully saturated rings. The molecule has 0 aliphatic carbocycles. The molecule has 19 heavy (non-hydrogen) atoms. The average Bonchev–Trinajstić information content (AvgIpc) is 2.43. The highest BCUT2D eigenvalue weighted by atomic mass is 32.1. The summed E-state index contributed by atoms with van der Waals surface area (Å²) in [6.45, 7) is 3.89. The third-order valence-corrected chi connectivity index (χ3v) is 4.22. The minimum absolute atomic E-state index is 1.06. The van der Waals surface area contributed by atoms with Gasteiger partial charge in [-0.2, -0.15) is 12.6 Å². The summed E-state index contributed by atoms with van der Waals surface area (Å²) >= 11 is 4.24. The zero-order valence-electron chi connectivity index (χ0n) is 13.2. The Hall–Kier alpha value is 0.350. The minimum Gasteiger partial charge on any atom is -0.179 e. The molecular weight excluding hydrogens is 248 g/mol. The van der Waals surface area contributed by atoms with Gasteiger partial charge in [0, 0.05) is 0 Å². The van der Waals surface area contributed by atoms with Gasteiger partial charge in [0.05, 0.1) is 0 Å². The van der Waals surface area contributed by atoms with Crippen molar-refractivity contribution in [3.63, 3.8) is 0 Å². The van der Waals surface area contributed by atoms with Crippen LogP contribution < -0.4 is 0 Å². The van der Waals surface area contributed by atoms with Gasteiger partial charge in [-0.05, 0) is 12.2 Å². The summed E-state index contributed by atoms with van der Waals surface area (Å²) in [6.07, 6.45) is 22.5. The monoisotopic (exact) mass is 285 g/mol. The first-order valence-corrected chi connectivity index (χ1v) is 9.45. The molecule has 0 heterocycles. The summed E-state index contributed by atoms with van der Waals surface area (Å²) in [5, 5.41) is 0. The number of thiol groups is 1. The molecule has 0 aliphatic rings. The van der Waals surface area contributed by atoms with Crippen LogP contribution in [-0.2, 0) is 0 Å². The first-order valence-electron chi connectivity index (χ1n) is 8.82. The van der Waals surface area contributed by atoms with Crippen LogP contribution in [-0.4, -0.2) is 5.75 Å². The average molecular weight is 286 g/mol. The molecule has 0 amide bonds. The van der Waals surface area contributed by atoms with E-state index in [-0.39, 0.29) is 0 Å². The Morgan fingerprint density at radius 1 is 0.421 bits per heavy atom. The summed E-state index contributed by atoms with van der Waals surface area (Å²) in [4.78, 5) is 0. The van der Waals surface area contributed by atoms with Gasteiger partial charge in [-0.3, -0.25) is 0 Å². The van der Waals surface area contributed by atoms with Gasteiger partial charge < -0.3 is 0 Å². The normalized spacial score (nSPS) is 11.1. The topological polar surface area (TPSA) is 0 Å². The largest absolute Gasteiger partial charge is 0.179 e. The van der Waals surface area contributed by atoms with E-state index in [4.69, 9.17) is 0 Å². The molecule has 0 aromatic carbocycles. The van der Waals surface area contributed by atoms with Crippen molar-refractivity contribution in [3.05, 3.63) is 6.92 Å². The molecule has 0 bridgehead atoms. The smallest absolute Gasteiger partial charge is 0.00979 e. The highest BCUT2D eigenvalue weighted by Gasteiger charge is 1.94. The van der Waals surface area contributed by atoms with Gasteiger partial charge in [-0.1, -0.05) is 103 Å². The summed E-state index contributed by atoms with van der Waals surface area (Å²) in [5.74, 6) is 1.06. The molecule has 115 valence electrons. The lowest BCUT2D eigenvalue weighted by molar-refractivity contribution is 0.533. The number of hydrogen-bond acceptors (Lipinski definition) is 1. The quantitative estimate of drug-likeness (QED) is 0.229. The van der Waals surface area contributed by atoms with Crippen molar-refractivity contribution >= 4 is 12.6 Å². The fraction of sp³-hybridized carbons (Fsp3) is 0.944. The molecule has 1 heteroatoms. The van der Waals surface area contributed by atoms with Crippen molar-refractivity contribution < 1.29 is 0 Å². The second kappa shape index (κ2) is 18.4. The molecule has 0 aliphatic heterocycles. The third-order valence-electron chi connectivity index (χ3n) is 3.91. The van der Waals surface area contributed by atoms with E-state index in [1.165, 1.54) is 96.3 Å². The van der Waals surface area contributed by atoms with Crippen LogP contribution in [0.5, 0.6) is 0 Å². The molecule has 0 rings (SSSR count). The van der Waals surface area contributed by atoms with Crippen LogP contribution in [0.1, 0.15) is 103 Å². The van der Waals surface area contributed by atoms with Gasteiger partial charge in [0.25, 0.3) is 0 Å². The first-order chi connectivity index (χ1) is 9.41. The second-order valence-electron chi connectivity index (χ2n) is 5.88. The summed E-state index contributed by atoms with van der Waals surface area (Å²) in [6, 6.07) is 0. The van der Waals surface area contributed by atoms with Crippen molar-refractivity contribution in [2.45, 2.75) is 103 Å². The van der Waals surface area contributed by atoms with Crippen LogP contribution in [0.2, 0.25) is 0 Å². The Morgan fingerprint density at radius 2 is 0.684 bits per heavy atom. The summed E-state index contributed by atoms with van der Waals surface area (Å²) in [5.41, 5.74) is 0. The highest BCUT2D eigenvalue weighted by Crippen LogP contribution is 2.13. The molecule has 0 nitrogen and oxygen atoms in total. The molecule has 0 unspecified atom stereocenters. The van der Waals surface area contributed by atoms with E-state index in [9.17, 15) is 0 Å². The molecule has 0 aromatic rings. The maximum absolute atomic E-state index is 4.24. The standard InChI is InChI=1S/C18H37S/c1-2-3-4-5-6-7-8-9-10-11-12-13-14-15-16-17-18-19/h19H,1-18H2. The number of rotatable bonds is 16. The zero-order chi connectivity index (χ0) is 14.0. The molecule has 0 saturated carbocycles. The fourth-order valence-electron chi connectivity index (χ4n) is 2.59. The highest BCUT2D eigenvalue weighted by molar-refractivity contribution is 7.80. The lowest BCUT2D eigenvalue weighted by Gasteiger charge is -2.03. The van der Waals surface area contributed by atoms with E-state index in [0.29, 0.717) is 0 Å². The number of unbranched alkanes of at least 4 members (excludes halogenated alkanes) is 15. The summed E-state index contributed by atoms with van der Waals surface area (Å²) < 4.78 is 0. The van der Waals surface area contributed by atoms with E-state index in [1.54, 1.807) is 0 Å². The van der Waals surface area contributed by atoms with Crippen LogP contribution in [0.4, 0.5) is 0 Å². The Morgan fingerprint density at radius 3 is 0.947 bits per heavy atom. The van der Waals surface area contributed by atoms with Crippen molar-refractivity contribution in [1.82, 2.24) is 0 Å². The van der Waals surface area contributed by atoms with E-state index in [1.807, 2.05) is 0 Å². The van der Waals surface area contributed by atoms with Crippen LogP contribution in [0.3, 0.4) is 0 Å². The lowest BCUT2D eigenvalue weighted by Crippen LogP contribution is -1.83. The lowest BCUT2D eigenvalue weighted by atomic mass is 10.0. The first kappa shape index (κ1) is 19.4. The Kier molecular flexibility index (Phi) is 18.7. The van der Waals surface area contributed by atoms with Crippen molar-refractivity contribution in [3.8, 4) is 0 Å². The maximum Gasteiger partial charge on any atom is -0.00979 e. The SMILES string of the molecule is [CH2]CCCCCCCCCCCCCCCCCS. The van der Waals surface area contributed by atoms with Crippen molar-refractivity contribution in [2.75, 3.05) is 5.75 Å². The van der Waals surface area contributed by atoms with Gasteiger partial charge in [0.1, 0.15) is 0 Å². The van der Waals surface area contributed by atoms with E-state index < -0.39 is 0 Å². The van der Waals surface area contributed by atoms with Crippen molar-refractivity contribution in [1.29, 1.82) is 0 Å². The second-order valence-corrected chi connectivity index (χ2v) is 6.33. The summed E-state index contributed by atoms with van der Waals surface area (Å²) in [7, 11) is 0. The third kappa shape index (κ3) is 18.4. The fourth-order valence-corrected chi connectivity index (χ4v) is 2.81. The predicted octanol–water partition coefficient (Wildman–Crippen LogP) is 6.99. The molecule has 0 atom stereocenters. The number of hydrogen-bond donors (Lipinski definition) is 1. The van der Waals surface area contributed by atoms with E-state index in [2.05, 4.69) is 19.6 Å². The van der Waals surface area contributed by atoms with Gasteiger partial charge in [-0.25, -0.2) is 0 Å². The molecule has 1 radical (unpaired) electrons. The molecule has 0 saturated heterocycles. The van der Waals surface area contributed by atoms with Crippen LogP contribution in [0.15, 0.2) is 0 Å². The van der Waals surface area contributed by atoms with Gasteiger partial charge in [0.2, 0.25) is 0 Å². The Balaban J connectivity index is 2.88. The van der Waals surface area contributed by atoms with E-state index in [0.717, 1.165) is 12.2 Å². The zero-order valence-corrected chi connectivity index (χ0v) is 14.1. The maximum atomic E-state index is 4.24. The van der Waals surface area contributed by atoms with Gasteiger partial charge in [-0.15, -0.1) is 0 Å². The molecular formula is C18H37S. The van der Waals surface area contributed by atoms with Gasteiger partial charge >= 0.3 is 0 Å². The van der Waals surface area contributed by atoms with Gasteiger partial charge in [0.15, 0.2) is 0 Å². The molecule has 0 aromatic heterocycles. The van der Waals surface area contributed by atoms with Crippen LogP contribution in [0, 0.1) is 6.92 Å². The van der Waals surface area contributed by atoms with E-state index >= 15 is 0 Å². The van der Waals surface area contributed by atoms with Crippen LogP contribution >= 0.6 is 12.6 Å². The minimum atomic E-state index is 1.06. The molecule has 0 spiro atoms. The molecule has 0 N–H and O–H groups in total. The Labute approximate surface area is 128 Å².